The number of sulfonamides is 1. The second kappa shape index (κ2) is 11.2. The van der Waals surface area contributed by atoms with E-state index < -0.39 is 15.9 Å². The lowest BCUT2D eigenvalue weighted by atomic mass is 10.1. The Kier molecular flexibility index (Phi) is 8.13. The quantitative estimate of drug-likeness (QED) is 0.329. The minimum absolute atomic E-state index is 0.0695. The molecule has 0 aromatic heterocycles. The number of nitrogens with zero attached hydrogens (tertiary/aromatic N) is 1. The molecule has 2 aromatic rings. The second-order valence-electron chi connectivity index (χ2n) is 7.23. The molecule has 0 radical (unpaired) electrons. The van der Waals surface area contributed by atoms with Crippen LogP contribution < -0.4 is 10.3 Å². The molecule has 0 spiro atoms. The number of amides is 1. The van der Waals surface area contributed by atoms with Crippen molar-refractivity contribution in [2.24, 2.45) is 0 Å². The maximum Gasteiger partial charge on any atom is 0.263 e. The van der Waals surface area contributed by atoms with Gasteiger partial charge in [-0.1, -0.05) is 78.9 Å². The molecule has 7 nitrogen and oxygen atoms in total. The molecule has 0 aliphatic carbocycles. The number of benzene rings is 2. The van der Waals surface area contributed by atoms with E-state index >= 15 is 0 Å². The van der Waals surface area contributed by atoms with E-state index in [4.69, 9.17) is 0 Å². The van der Waals surface area contributed by atoms with Gasteiger partial charge in [0.2, 0.25) is 10.0 Å². The van der Waals surface area contributed by atoms with Crippen molar-refractivity contribution in [2.45, 2.75) is 6.42 Å². The van der Waals surface area contributed by atoms with Gasteiger partial charge in [0.25, 0.3) is 5.91 Å². The van der Waals surface area contributed by atoms with Crippen LogP contribution in [0.1, 0.15) is 15.9 Å². The minimum atomic E-state index is -3.72. The first-order valence-corrected chi connectivity index (χ1v) is 11.8. The van der Waals surface area contributed by atoms with E-state index in [0.29, 0.717) is 17.6 Å². The number of carbonyl (C=O) groups excluding carboxylic acids is 2. The van der Waals surface area contributed by atoms with E-state index in [1.807, 2.05) is 36.4 Å². The Morgan fingerprint density at radius 2 is 1.66 bits per heavy atom. The third-order valence-corrected chi connectivity index (χ3v) is 5.74. The Morgan fingerprint density at radius 1 is 0.969 bits per heavy atom. The van der Waals surface area contributed by atoms with E-state index in [2.05, 4.69) is 10.3 Å². The lowest BCUT2D eigenvalue weighted by molar-refractivity contribution is -0.118. The van der Waals surface area contributed by atoms with Crippen molar-refractivity contribution < 1.29 is 18.0 Å². The van der Waals surface area contributed by atoms with Crippen molar-refractivity contribution in [3.8, 4) is 0 Å². The standard InChI is InChI=1S/C24H25N3O4S/c28-23(21-13-5-2-6-14-21)19-27-16-9-15-22(18-27)24(29)25-26-32(30,31)17-8-7-12-20-10-3-1-4-11-20/h1-11,13-16,26H,12,17-19H2,(H,25,29). The van der Waals surface area contributed by atoms with Gasteiger partial charge >= 0.3 is 0 Å². The fraction of sp³-hybridized carbons (Fsp3) is 0.167. The van der Waals surface area contributed by atoms with Gasteiger partial charge in [0.15, 0.2) is 5.78 Å². The van der Waals surface area contributed by atoms with Gasteiger partial charge in [0, 0.05) is 17.7 Å². The molecule has 3 rings (SSSR count). The highest BCUT2D eigenvalue weighted by Gasteiger charge is 2.18. The molecular formula is C24H25N3O4S. The minimum Gasteiger partial charge on any atom is -0.365 e. The van der Waals surface area contributed by atoms with Crippen LogP contribution in [-0.2, 0) is 21.2 Å². The molecule has 166 valence electrons. The molecule has 0 unspecified atom stereocenters. The lowest BCUT2D eigenvalue weighted by Crippen LogP contribution is -2.44. The summed E-state index contributed by atoms with van der Waals surface area (Å²) < 4.78 is 24.3. The van der Waals surface area contributed by atoms with Gasteiger partial charge < -0.3 is 4.90 Å². The van der Waals surface area contributed by atoms with E-state index in [0.717, 1.165) is 5.56 Å². The molecule has 0 bridgehead atoms. The first kappa shape index (κ1) is 23.2. The molecule has 0 fully saturated rings. The van der Waals surface area contributed by atoms with Crippen molar-refractivity contribution in [3.63, 3.8) is 0 Å². The Balaban J connectivity index is 1.45. The van der Waals surface area contributed by atoms with Gasteiger partial charge in [-0.05, 0) is 24.3 Å². The zero-order valence-corrected chi connectivity index (χ0v) is 18.3. The van der Waals surface area contributed by atoms with Crippen molar-refractivity contribution >= 4 is 21.7 Å². The predicted octanol–water partition coefficient (Wildman–Crippen LogP) is 2.37. The van der Waals surface area contributed by atoms with Gasteiger partial charge in [-0.25, -0.2) is 8.42 Å². The highest BCUT2D eigenvalue weighted by Crippen LogP contribution is 2.10. The molecule has 1 amide bonds. The number of rotatable bonds is 10. The Hall–Kier alpha value is -3.49. The van der Waals surface area contributed by atoms with Crippen LogP contribution in [0.5, 0.6) is 0 Å². The molecule has 0 saturated heterocycles. The first-order chi connectivity index (χ1) is 15.4. The molecule has 2 N–H and O–H groups in total. The summed E-state index contributed by atoms with van der Waals surface area (Å²) in [6.07, 6.45) is 8.90. The molecule has 0 atom stereocenters. The summed E-state index contributed by atoms with van der Waals surface area (Å²) in [6, 6.07) is 18.6. The van der Waals surface area contributed by atoms with Crippen LogP contribution in [0.15, 0.2) is 96.7 Å². The summed E-state index contributed by atoms with van der Waals surface area (Å²) >= 11 is 0. The number of hydrogen-bond donors (Lipinski definition) is 2. The average Bonchev–Trinajstić information content (AvgIpc) is 2.82. The largest absolute Gasteiger partial charge is 0.365 e. The zero-order valence-electron chi connectivity index (χ0n) is 17.5. The fourth-order valence-corrected chi connectivity index (χ4v) is 3.76. The topological polar surface area (TPSA) is 95.6 Å². The number of hydrogen-bond acceptors (Lipinski definition) is 5. The number of hydrazine groups is 1. The molecular weight excluding hydrogens is 426 g/mol. The molecule has 1 heterocycles. The van der Waals surface area contributed by atoms with Gasteiger partial charge in [-0.15, -0.1) is 4.83 Å². The van der Waals surface area contributed by atoms with Gasteiger partial charge in [-0.3, -0.25) is 15.0 Å². The number of Topliss-reactive ketones (excluding diaryl/α,β-unsaturated/α-hetero) is 1. The van der Waals surface area contributed by atoms with E-state index in [-0.39, 0.29) is 24.6 Å². The van der Waals surface area contributed by atoms with Crippen LogP contribution in [0.3, 0.4) is 0 Å². The Morgan fingerprint density at radius 3 is 2.38 bits per heavy atom. The Labute approximate surface area is 188 Å². The summed E-state index contributed by atoms with van der Waals surface area (Å²) in [7, 11) is -3.72. The van der Waals surface area contributed by atoms with Crippen molar-refractivity contribution in [2.75, 3.05) is 18.8 Å². The smallest absolute Gasteiger partial charge is 0.263 e. The maximum atomic E-state index is 12.4. The lowest BCUT2D eigenvalue weighted by Gasteiger charge is -2.23. The first-order valence-electron chi connectivity index (χ1n) is 10.1. The molecule has 1 aliphatic heterocycles. The summed E-state index contributed by atoms with van der Waals surface area (Å²) in [4.78, 5) is 28.6. The van der Waals surface area contributed by atoms with Crippen molar-refractivity contribution in [1.29, 1.82) is 0 Å². The van der Waals surface area contributed by atoms with Crippen LogP contribution in [0.25, 0.3) is 0 Å². The number of ketones is 1. The number of carbonyl (C=O) groups is 2. The second-order valence-corrected chi connectivity index (χ2v) is 8.99. The third-order valence-electron chi connectivity index (χ3n) is 4.70. The molecule has 2 aromatic carbocycles. The summed E-state index contributed by atoms with van der Waals surface area (Å²) in [5, 5.41) is 0. The molecule has 32 heavy (non-hydrogen) atoms. The maximum absolute atomic E-state index is 12.4. The summed E-state index contributed by atoms with van der Waals surface area (Å²) in [5.41, 5.74) is 4.25. The van der Waals surface area contributed by atoms with Crippen LogP contribution >= 0.6 is 0 Å². The van der Waals surface area contributed by atoms with Crippen LogP contribution in [0, 0.1) is 0 Å². The molecule has 8 heteroatoms. The van der Waals surface area contributed by atoms with Crippen LogP contribution in [-0.4, -0.2) is 43.9 Å². The third kappa shape index (κ3) is 7.33. The van der Waals surface area contributed by atoms with E-state index in [1.54, 1.807) is 59.7 Å². The SMILES string of the molecule is O=C(NNS(=O)(=O)CC=CCc1ccccc1)C1=CC=CN(CC(=O)c2ccccc2)C1. The van der Waals surface area contributed by atoms with Crippen molar-refractivity contribution in [3.05, 3.63) is 108 Å². The van der Waals surface area contributed by atoms with Gasteiger partial charge in [0.05, 0.1) is 12.3 Å². The highest BCUT2D eigenvalue weighted by molar-refractivity contribution is 7.89. The monoisotopic (exact) mass is 451 g/mol. The van der Waals surface area contributed by atoms with E-state index in [9.17, 15) is 18.0 Å². The molecule has 1 aliphatic rings. The number of allylic oxidation sites excluding steroid dienone is 3. The normalized spacial score (nSPS) is 13.8. The number of nitrogens with one attached hydrogen (secondary N) is 2. The Bertz CT molecular complexity index is 1120. The van der Waals surface area contributed by atoms with Crippen molar-refractivity contribution in [1.82, 2.24) is 15.2 Å². The van der Waals surface area contributed by atoms with E-state index in [1.165, 1.54) is 0 Å². The average molecular weight is 452 g/mol. The summed E-state index contributed by atoms with van der Waals surface area (Å²) in [6.45, 7) is 0.308. The van der Waals surface area contributed by atoms with Gasteiger partial charge in [-0.2, -0.15) is 0 Å². The molecule has 0 saturated carbocycles. The summed E-state index contributed by atoms with van der Waals surface area (Å²) in [5.74, 6) is -0.889. The zero-order chi connectivity index (χ0) is 22.8. The van der Waals surface area contributed by atoms with Gasteiger partial charge in [0.1, 0.15) is 0 Å². The van der Waals surface area contributed by atoms with Crippen LogP contribution in [0.2, 0.25) is 0 Å². The fourth-order valence-electron chi connectivity index (χ4n) is 3.04. The highest BCUT2D eigenvalue weighted by atomic mass is 32.2. The van der Waals surface area contributed by atoms with Crippen LogP contribution in [0.4, 0.5) is 0 Å². The predicted molar refractivity (Wildman–Crippen MR) is 124 cm³/mol.